The van der Waals surface area contributed by atoms with E-state index in [2.05, 4.69) is 0 Å². The highest BCUT2D eigenvalue weighted by Crippen LogP contribution is 2.26. The molecule has 0 aliphatic carbocycles. The molecule has 0 unspecified atom stereocenters. The third-order valence-corrected chi connectivity index (χ3v) is 6.58. The normalized spacial score (nSPS) is 22.5. The van der Waals surface area contributed by atoms with Gasteiger partial charge >= 0.3 is 5.97 Å². The van der Waals surface area contributed by atoms with E-state index in [0.29, 0.717) is 64.8 Å². The smallest absolute Gasteiger partial charge is 0.328 e. The van der Waals surface area contributed by atoms with E-state index in [0.717, 1.165) is 25.7 Å². The standard InChI is InChI=1S/C24H35N3O6/c1-2-3-17-33-24(32)19-10-8-16-26(19)23(31)18-9-7-15-25(18)20(28)11-5-4-6-14-27-21(29)12-13-22(27)30/h12-13,18-19H,2-11,14-17H2,1H3/t18-,19-/m0/s1. The molecule has 0 saturated carbocycles. The van der Waals surface area contributed by atoms with Crippen molar-refractivity contribution in [1.29, 1.82) is 0 Å². The SMILES string of the molecule is CCCCOC(=O)[C@@H]1CCCN1C(=O)[C@@H]1CCCN1C(=O)CCCCCN1C(=O)C=CC1=O. The summed E-state index contributed by atoms with van der Waals surface area (Å²) in [5.74, 6) is -1.11. The van der Waals surface area contributed by atoms with Gasteiger partial charge < -0.3 is 14.5 Å². The Morgan fingerprint density at radius 3 is 2.27 bits per heavy atom. The highest BCUT2D eigenvalue weighted by Gasteiger charge is 2.42. The van der Waals surface area contributed by atoms with Crippen molar-refractivity contribution in [3.63, 3.8) is 0 Å². The van der Waals surface area contributed by atoms with E-state index in [9.17, 15) is 24.0 Å². The van der Waals surface area contributed by atoms with Gasteiger partial charge in [0.1, 0.15) is 12.1 Å². The lowest BCUT2D eigenvalue weighted by Crippen LogP contribution is -2.51. The third kappa shape index (κ3) is 6.21. The molecule has 9 heteroatoms. The Bertz CT molecular complexity index is 777. The maximum Gasteiger partial charge on any atom is 0.328 e. The topological polar surface area (TPSA) is 104 Å². The molecule has 0 radical (unpaired) electrons. The minimum atomic E-state index is -0.544. The largest absolute Gasteiger partial charge is 0.464 e. The predicted molar refractivity (Wildman–Crippen MR) is 120 cm³/mol. The van der Waals surface area contributed by atoms with Crippen LogP contribution >= 0.6 is 0 Å². The summed E-state index contributed by atoms with van der Waals surface area (Å²) in [4.78, 5) is 66.1. The van der Waals surface area contributed by atoms with Gasteiger partial charge in [-0.25, -0.2) is 4.79 Å². The number of esters is 1. The van der Waals surface area contributed by atoms with E-state index in [1.54, 1.807) is 9.80 Å². The van der Waals surface area contributed by atoms with Crippen molar-refractivity contribution in [3.8, 4) is 0 Å². The van der Waals surface area contributed by atoms with Crippen molar-refractivity contribution in [2.75, 3.05) is 26.2 Å². The molecule has 0 bridgehead atoms. The lowest BCUT2D eigenvalue weighted by molar-refractivity contribution is -0.155. The number of nitrogens with zero attached hydrogens (tertiary/aromatic N) is 3. The fourth-order valence-corrected chi connectivity index (χ4v) is 4.72. The zero-order chi connectivity index (χ0) is 23.8. The summed E-state index contributed by atoms with van der Waals surface area (Å²) in [5.41, 5.74) is 0. The number of carbonyl (C=O) groups excluding carboxylic acids is 5. The van der Waals surface area contributed by atoms with Gasteiger partial charge in [0.05, 0.1) is 6.61 Å². The van der Waals surface area contributed by atoms with Crippen molar-refractivity contribution < 1.29 is 28.7 Å². The van der Waals surface area contributed by atoms with Gasteiger partial charge in [-0.3, -0.25) is 24.1 Å². The van der Waals surface area contributed by atoms with Crippen LogP contribution in [0.5, 0.6) is 0 Å². The number of hydrogen-bond donors (Lipinski definition) is 0. The zero-order valence-corrected chi connectivity index (χ0v) is 19.5. The second kappa shape index (κ2) is 12.0. The van der Waals surface area contributed by atoms with Crippen molar-refractivity contribution in [3.05, 3.63) is 12.2 Å². The van der Waals surface area contributed by atoms with Gasteiger partial charge in [0.2, 0.25) is 11.8 Å². The number of rotatable bonds is 11. The molecule has 3 heterocycles. The van der Waals surface area contributed by atoms with Crippen LogP contribution < -0.4 is 0 Å². The molecule has 2 fully saturated rings. The fraction of sp³-hybridized carbons (Fsp3) is 0.708. The second-order valence-corrected chi connectivity index (χ2v) is 8.93. The minimum Gasteiger partial charge on any atom is -0.464 e. The number of imide groups is 1. The number of carbonyl (C=O) groups is 5. The van der Waals surface area contributed by atoms with Gasteiger partial charge in [-0.05, 0) is 44.9 Å². The Labute approximate surface area is 195 Å². The van der Waals surface area contributed by atoms with Crippen LogP contribution in [0.15, 0.2) is 12.2 Å². The molecule has 0 aromatic carbocycles. The van der Waals surface area contributed by atoms with E-state index in [-0.39, 0.29) is 29.6 Å². The number of amides is 4. The molecule has 0 spiro atoms. The summed E-state index contributed by atoms with van der Waals surface area (Å²) < 4.78 is 5.35. The second-order valence-electron chi connectivity index (χ2n) is 8.93. The maximum atomic E-state index is 13.2. The highest BCUT2D eigenvalue weighted by atomic mass is 16.5. The van der Waals surface area contributed by atoms with Crippen LogP contribution in [0.2, 0.25) is 0 Å². The average Bonchev–Trinajstić information content (AvgIpc) is 3.54. The summed E-state index contributed by atoms with van der Waals surface area (Å²) in [6.07, 6.45) is 9.35. The fourth-order valence-electron chi connectivity index (χ4n) is 4.72. The molecule has 0 N–H and O–H groups in total. The van der Waals surface area contributed by atoms with Crippen LogP contribution in [-0.2, 0) is 28.7 Å². The molecule has 0 aromatic rings. The van der Waals surface area contributed by atoms with Crippen molar-refractivity contribution in [2.24, 2.45) is 0 Å². The number of likely N-dealkylation sites (tertiary alicyclic amines) is 2. The molecule has 33 heavy (non-hydrogen) atoms. The van der Waals surface area contributed by atoms with Crippen molar-refractivity contribution in [1.82, 2.24) is 14.7 Å². The van der Waals surface area contributed by atoms with E-state index in [1.165, 1.54) is 17.1 Å². The molecule has 4 amide bonds. The van der Waals surface area contributed by atoms with Gasteiger partial charge in [-0.1, -0.05) is 19.8 Å². The van der Waals surface area contributed by atoms with E-state index < -0.39 is 12.1 Å². The molecule has 2 atom stereocenters. The lowest BCUT2D eigenvalue weighted by Gasteiger charge is -2.30. The van der Waals surface area contributed by atoms with Gasteiger partial charge in [-0.2, -0.15) is 0 Å². The Hall–Kier alpha value is -2.71. The first-order valence-electron chi connectivity index (χ1n) is 12.2. The van der Waals surface area contributed by atoms with Crippen LogP contribution in [0.4, 0.5) is 0 Å². The van der Waals surface area contributed by atoms with Gasteiger partial charge in [-0.15, -0.1) is 0 Å². The lowest BCUT2D eigenvalue weighted by atomic mass is 10.1. The van der Waals surface area contributed by atoms with Crippen molar-refractivity contribution in [2.45, 2.75) is 83.2 Å². The Morgan fingerprint density at radius 1 is 0.909 bits per heavy atom. The van der Waals surface area contributed by atoms with Gasteiger partial charge in [0.25, 0.3) is 11.8 Å². The van der Waals surface area contributed by atoms with Gasteiger partial charge in [0, 0.05) is 38.2 Å². The minimum absolute atomic E-state index is 0.0536. The molecule has 3 aliphatic heterocycles. The number of hydrogen-bond acceptors (Lipinski definition) is 6. The molecule has 0 aromatic heterocycles. The van der Waals surface area contributed by atoms with Crippen LogP contribution in [0.25, 0.3) is 0 Å². The first kappa shape index (κ1) is 24.9. The zero-order valence-electron chi connectivity index (χ0n) is 19.5. The van der Waals surface area contributed by atoms with Crippen LogP contribution in [-0.4, -0.2) is 82.6 Å². The molecule has 182 valence electrons. The number of ether oxygens (including phenoxy) is 1. The summed E-state index contributed by atoms with van der Waals surface area (Å²) >= 11 is 0. The first-order chi connectivity index (χ1) is 15.9. The quantitative estimate of drug-likeness (QED) is 0.264. The first-order valence-corrected chi connectivity index (χ1v) is 12.2. The number of unbranched alkanes of at least 4 members (excludes halogenated alkanes) is 3. The Kier molecular flexibility index (Phi) is 9.03. The third-order valence-electron chi connectivity index (χ3n) is 6.58. The molecule has 2 saturated heterocycles. The molecule has 3 rings (SSSR count). The predicted octanol–water partition coefficient (Wildman–Crippen LogP) is 1.80. The van der Waals surface area contributed by atoms with Crippen LogP contribution in [0.1, 0.15) is 71.1 Å². The van der Waals surface area contributed by atoms with Crippen molar-refractivity contribution >= 4 is 29.6 Å². The summed E-state index contributed by atoms with van der Waals surface area (Å²) in [6, 6.07) is -1.05. The van der Waals surface area contributed by atoms with E-state index >= 15 is 0 Å². The summed E-state index contributed by atoms with van der Waals surface area (Å²) in [7, 11) is 0. The maximum absolute atomic E-state index is 13.2. The van der Waals surface area contributed by atoms with Crippen LogP contribution in [0, 0.1) is 0 Å². The van der Waals surface area contributed by atoms with E-state index in [1.807, 2.05) is 6.92 Å². The summed E-state index contributed by atoms with van der Waals surface area (Å²) in [6.45, 7) is 3.83. The molecule has 9 nitrogen and oxygen atoms in total. The average molecular weight is 462 g/mol. The Balaban J connectivity index is 1.44. The molecule has 3 aliphatic rings. The molecular weight excluding hydrogens is 426 g/mol. The summed E-state index contributed by atoms with van der Waals surface area (Å²) in [5, 5.41) is 0. The van der Waals surface area contributed by atoms with Crippen LogP contribution in [0.3, 0.4) is 0 Å². The van der Waals surface area contributed by atoms with Gasteiger partial charge in [0.15, 0.2) is 0 Å². The molecular formula is C24H35N3O6. The monoisotopic (exact) mass is 461 g/mol. The highest BCUT2D eigenvalue weighted by molar-refractivity contribution is 6.12. The Morgan fingerprint density at radius 2 is 1.58 bits per heavy atom. The van der Waals surface area contributed by atoms with E-state index in [4.69, 9.17) is 4.74 Å².